The molecule has 0 radical (unpaired) electrons. The molecule has 0 aliphatic carbocycles. The van der Waals surface area contributed by atoms with Gasteiger partial charge in [0.1, 0.15) is 12.6 Å². The van der Waals surface area contributed by atoms with Crippen molar-refractivity contribution in [3.63, 3.8) is 0 Å². The molecule has 6 nitrogen and oxygen atoms in total. The van der Waals surface area contributed by atoms with E-state index in [1.54, 1.807) is 0 Å². The highest BCUT2D eigenvalue weighted by atomic mass is 16.2. The Morgan fingerprint density at radius 1 is 1.25 bits per heavy atom. The molecular formula is C14H25N3O3. The van der Waals surface area contributed by atoms with Crippen molar-refractivity contribution in [1.82, 2.24) is 15.5 Å². The lowest BCUT2D eigenvalue weighted by Crippen LogP contribution is -2.45. The molecule has 0 saturated carbocycles. The lowest BCUT2D eigenvalue weighted by Gasteiger charge is -2.19. The first-order valence-corrected chi connectivity index (χ1v) is 7.13. The van der Waals surface area contributed by atoms with Gasteiger partial charge >= 0.3 is 6.03 Å². The molecule has 1 aliphatic rings. The summed E-state index contributed by atoms with van der Waals surface area (Å²) in [4.78, 5) is 36.7. The van der Waals surface area contributed by atoms with Crippen LogP contribution in [0.2, 0.25) is 0 Å². The van der Waals surface area contributed by atoms with Gasteiger partial charge in [-0.25, -0.2) is 4.79 Å². The van der Waals surface area contributed by atoms with Gasteiger partial charge in [0.05, 0.1) is 0 Å². The fourth-order valence-electron chi connectivity index (χ4n) is 1.97. The number of carbonyl (C=O) groups excluding carboxylic acids is 3. The third-order valence-electron chi connectivity index (χ3n) is 3.50. The summed E-state index contributed by atoms with van der Waals surface area (Å²) < 4.78 is 0. The topological polar surface area (TPSA) is 78.5 Å². The number of nitrogens with zero attached hydrogens (tertiary/aromatic N) is 1. The maximum absolute atomic E-state index is 12.1. The van der Waals surface area contributed by atoms with E-state index in [9.17, 15) is 14.4 Å². The quantitative estimate of drug-likeness (QED) is 0.717. The number of hydrogen-bond acceptors (Lipinski definition) is 3. The van der Waals surface area contributed by atoms with Crippen molar-refractivity contribution in [2.24, 2.45) is 11.8 Å². The molecule has 114 valence electrons. The van der Waals surface area contributed by atoms with E-state index in [1.165, 1.54) is 0 Å². The highest BCUT2D eigenvalue weighted by Gasteiger charge is 2.39. The number of carbonyl (C=O) groups is 3. The minimum absolute atomic E-state index is 0.00901. The van der Waals surface area contributed by atoms with Gasteiger partial charge in [0.2, 0.25) is 5.91 Å². The Balaban J connectivity index is 2.57. The summed E-state index contributed by atoms with van der Waals surface area (Å²) in [5, 5.41) is 5.41. The predicted octanol–water partition coefficient (Wildman–Crippen LogP) is 1.11. The molecule has 2 atom stereocenters. The summed E-state index contributed by atoms with van der Waals surface area (Å²) in [5.41, 5.74) is 0. The molecule has 6 heteroatoms. The monoisotopic (exact) mass is 283 g/mol. The number of amides is 4. The zero-order valence-electron chi connectivity index (χ0n) is 12.9. The van der Waals surface area contributed by atoms with Crippen LogP contribution in [0.25, 0.3) is 0 Å². The first kappa shape index (κ1) is 16.5. The van der Waals surface area contributed by atoms with E-state index in [4.69, 9.17) is 0 Å². The first-order chi connectivity index (χ1) is 9.22. The average Bonchev–Trinajstić information content (AvgIpc) is 2.56. The number of urea groups is 1. The van der Waals surface area contributed by atoms with E-state index in [2.05, 4.69) is 10.6 Å². The smallest absolute Gasteiger partial charge is 0.325 e. The standard InChI is InChI=1S/C14H25N3O3/c1-8(2)6-11-13(19)17(14(20)16-11)7-12(18)15-10(5)9(3)4/h8-11H,6-7H2,1-5H3,(H,15,18)(H,16,20)/t10-,11-/m1/s1. The highest BCUT2D eigenvalue weighted by Crippen LogP contribution is 2.14. The molecule has 0 bridgehead atoms. The largest absolute Gasteiger partial charge is 0.352 e. The van der Waals surface area contributed by atoms with Crippen molar-refractivity contribution >= 4 is 17.8 Å². The second kappa shape index (κ2) is 6.72. The Morgan fingerprint density at radius 3 is 2.35 bits per heavy atom. The van der Waals surface area contributed by atoms with Crippen LogP contribution in [-0.2, 0) is 9.59 Å². The minimum atomic E-state index is -0.502. The van der Waals surface area contributed by atoms with Crippen LogP contribution in [0.1, 0.15) is 41.0 Å². The summed E-state index contributed by atoms with van der Waals surface area (Å²) >= 11 is 0. The third-order valence-corrected chi connectivity index (χ3v) is 3.50. The molecule has 2 N–H and O–H groups in total. The SMILES string of the molecule is CC(C)C[C@H]1NC(=O)N(CC(=O)N[C@H](C)C(C)C)C1=O. The Kier molecular flexibility index (Phi) is 5.53. The normalized spacial score (nSPS) is 20.6. The van der Waals surface area contributed by atoms with Crippen molar-refractivity contribution < 1.29 is 14.4 Å². The fourth-order valence-corrected chi connectivity index (χ4v) is 1.97. The predicted molar refractivity (Wildman–Crippen MR) is 75.9 cm³/mol. The van der Waals surface area contributed by atoms with Gasteiger partial charge in [-0.1, -0.05) is 27.7 Å². The van der Waals surface area contributed by atoms with Crippen LogP contribution in [0.4, 0.5) is 4.79 Å². The molecule has 0 aromatic rings. The molecule has 1 aliphatic heterocycles. The van der Waals surface area contributed by atoms with E-state index < -0.39 is 12.1 Å². The number of nitrogens with one attached hydrogen (secondary N) is 2. The molecule has 4 amide bonds. The van der Waals surface area contributed by atoms with E-state index in [0.717, 1.165) is 4.90 Å². The molecule has 1 heterocycles. The number of hydrogen-bond donors (Lipinski definition) is 2. The Morgan fingerprint density at radius 2 is 1.85 bits per heavy atom. The van der Waals surface area contributed by atoms with Crippen LogP contribution < -0.4 is 10.6 Å². The van der Waals surface area contributed by atoms with Crippen molar-refractivity contribution in [2.45, 2.75) is 53.1 Å². The second-order valence-electron chi connectivity index (χ2n) is 6.16. The maximum atomic E-state index is 12.1. The van der Waals surface area contributed by atoms with E-state index >= 15 is 0 Å². The van der Waals surface area contributed by atoms with Crippen LogP contribution >= 0.6 is 0 Å². The zero-order chi connectivity index (χ0) is 15.4. The van der Waals surface area contributed by atoms with Crippen molar-refractivity contribution in [3.05, 3.63) is 0 Å². The highest BCUT2D eigenvalue weighted by molar-refractivity contribution is 6.06. The van der Waals surface area contributed by atoms with Crippen molar-refractivity contribution in [3.8, 4) is 0 Å². The Bertz CT molecular complexity index is 393. The lowest BCUT2D eigenvalue weighted by atomic mass is 10.0. The molecule has 0 spiro atoms. The molecule has 1 rings (SSSR count). The molecule has 0 aromatic carbocycles. The van der Waals surface area contributed by atoms with E-state index in [0.29, 0.717) is 18.3 Å². The van der Waals surface area contributed by atoms with Gasteiger partial charge in [-0.15, -0.1) is 0 Å². The first-order valence-electron chi connectivity index (χ1n) is 7.13. The van der Waals surface area contributed by atoms with Gasteiger partial charge in [-0.2, -0.15) is 0 Å². The molecule has 20 heavy (non-hydrogen) atoms. The summed E-state index contributed by atoms with van der Waals surface area (Å²) in [5.74, 6) is -0.00863. The Labute approximate surface area is 120 Å². The van der Waals surface area contributed by atoms with Gasteiger partial charge in [0.25, 0.3) is 5.91 Å². The van der Waals surface area contributed by atoms with Gasteiger partial charge in [-0.3, -0.25) is 14.5 Å². The summed E-state index contributed by atoms with van der Waals surface area (Å²) in [7, 11) is 0. The molecule has 0 unspecified atom stereocenters. The van der Waals surface area contributed by atoms with Crippen molar-refractivity contribution in [2.75, 3.05) is 6.54 Å². The second-order valence-corrected chi connectivity index (χ2v) is 6.16. The number of imide groups is 1. The molecule has 1 fully saturated rings. The summed E-state index contributed by atoms with van der Waals surface area (Å²) in [6.45, 7) is 9.65. The lowest BCUT2D eigenvalue weighted by molar-refractivity contribution is -0.132. The molecule has 0 aromatic heterocycles. The van der Waals surface area contributed by atoms with Gasteiger partial charge in [0, 0.05) is 6.04 Å². The molecule has 1 saturated heterocycles. The summed E-state index contributed by atoms with van der Waals surface area (Å²) in [6.07, 6.45) is 0.588. The molecular weight excluding hydrogens is 258 g/mol. The zero-order valence-corrected chi connectivity index (χ0v) is 12.9. The van der Waals surface area contributed by atoms with Gasteiger partial charge in [-0.05, 0) is 25.2 Å². The fraction of sp³-hybridized carbons (Fsp3) is 0.786. The summed E-state index contributed by atoms with van der Waals surface area (Å²) in [6, 6.07) is -0.972. The van der Waals surface area contributed by atoms with Crippen molar-refractivity contribution in [1.29, 1.82) is 0 Å². The van der Waals surface area contributed by atoms with Crippen LogP contribution in [0.15, 0.2) is 0 Å². The Hall–Kier alpha value is -1.59. The van der Waals surface area contributed by atoms with Gasteiger partial charge < -0.3 is 10.6 Å². The number of rotatable bonds is 6. The van der Waals surface area contributed by atoms with Crippen LogP contribution in [0.5, 0.6) is 0 Å². The van der Waals surface area contributed by atoms with Gasteiger partial charge in [0.15, 0.2) is 0 Å². The average molecular weight is 283 g/mol. The van der Waals surface area contributed by atoms with Crippen LogP contribution in [0, 0.1) is 11.8 Å². The van der Waals surface area contributed by atoms with Crippen LogP contribution in [0.3, 0.4) is 0 Å². The minimum Gasteiger partial charge on any atom is -0.352 e. The van der Waals surface area contributed by atoms with Crippen LogP contribution in [-0.4, -0.2) is 41.4 Å². The maximum Gasteiger partial charge on any atom is 0.325 e. The van der Waals surface area contributed by atoms with E-state index in [-0.39, 0.29) is 24.4 Å². The third kappa shape index (κ3) is 4.21. The van der Waals surface area contributed by atoms with E-state index in [1.807, 2.05) is 34.6 Å².